The summed E-state index contributed by atoms with van der Waals surface area (Å²) in [6, 6.07) is 5.82. The molecule has 0 saturated heterocycles. The lowest BCUT2D eigenvalue weighted by molar-refractivity contribution is -0.133. The highest BCUT2D eigenvalue weighted by Crippen LogP contribution is 2.20. The molecule has 1 aliphatic rings. The van der Waals surface area contributed by atoms with Crippen molar-refractivity contribution in [3.63, 3.8) is 0 Å². The van der Waals surface area contributed by atoms with E-state index in [2.05, 4.69) is 10.9 Å². The van der Waals surface area contributed by atoms with Crippen LogP contribution in [0.3, 0.4) is 0 Å². The molecular weight excluding hydrogens is 287 g/mol. The zero-order chi connectivity index (χ0) is 15.9. The van der Waals surface area contributed by atoms with Gasteiger partial charge in [0, 0.05) is 6.42 Å². The second-order valence-electron chi connectivity index (χ2n) is 5.20. The van der Waals surface area contributed by atoms with Crippen molar-refractivity contribution in [2.45, 2.75) is 32.3 Å². The summed E-state index contributed by atoms with van der Waals surface area (Å²) in [5, 5.41) is 0. The average Bonchev–Trinajstić information content (AvgIpc) is 3.00. The van der Waals surface area contributed by atoms with E-state index in [0.717, 1.165) is 12.8 Å². The maximum Gasteiger partial charge on any atom is 0.279 e. The van der Waals surface area contributed by atoms with Crippen molar-refractivity contribution in [1.82, 2.24) is 10.9 Å². The summed E-state index contributed by atoms with van der Waals surface area (Å²) < 4.78 is 18.6. The maximum atomic E-state index is 13.4. The van der Waals surface area contributed by atoms with E-state index in [1.165, 1.54) is 25.1 Å². The first-order chi connectivity index (χ1) is 10.6. The number of hydrogen-bond donors (Lipinski definition) is 2. The second kappa shape index (κ2) is 7.59. The Labute approximate surface area is 128 Å². The van der Waals surface area contributed by atoms with E-state index in [9.17, 15) is 14.0 Å². The van der Waals surface area contributed by atoms with Crippen LogP contribution >= 0.6 is 0 Å². The van der Waals surface area contributed by atoms with E-state index < -0.39 is 17.8 Å². The number of benzene rings is 1. The summed E-state index contributed by atoms with van der Waals surface area (Å²) in [5.74, 6) is -1.13. The molecule has 0 bridgehead atoms. The Kier molecular flexibility index (Phi) is 5.52. The van der Waals surface area contributed by atoms with Gasteiger partial charge in [0.05, 0.1) is 0 Å². The number of halogens is 1. The topological polar surface area (TPSA) is 67.4 Å². The maximum absolute atomic E-state index is 13.4. The molecule has 1 aromatic carbocycles. The van der Waals surface area contributed by atoms with Crippen LogP contribution in [-0.4, -0.2) is 17.9 Å². The van der Waals surface area contributed by atoms with Crippen LogP contribution in [0.25, 0.3) is 0 Å². The predicted molar refractivity (Wildman–Crippen MR) is 79.3 cm³/mol. The molecule has 0 heterocycles. The largest absolute Gasteiger partial charge is 0.478 e. The van der Waals surface area contributed by atoms with E-state index in [1.54, 1.807) is 6.07 Å². The van der Waals surface area contributed by atoms with Crippen LogP contribution in [0.1, 0.15) is 26.2 Å². The number of allylic oxidation sites excluding steroid dienone is 2. The van der Waals surface area contributed by atoms with E-state index >= 15 is 0 Å². The minimum Gasteiger partial charge on any atom is -0.478 e. The van der Waals surface area contributed by atoms with Crippen LogP contribution in [0.15, 0.2) is 36.4 Å². The van der Waals surface area contributed by atoms with E-state index in [-0.39, 0.29) is 17.6 Å². The van der Waals surface area contributed by atoms with Gasteiger partial charge in [-0.15, -0.1) is 0 Å². The summed E-state index contributed by atoms with van der Waals surface area (Å²) in [4.78, 5) is 23.5. The molecule has 0 spiro atoms. The summed E-state index contributed by atoms with van der Waals surface area (Å²) in [7, 11) is 0. The van der Waals surface area contributed by atoms with Gasteiger partial charge in [-0.2, -0.15) is 0 Å². The van der Waals surface area contributed by atoms with Crippen molar-refractivity contribution in [3.05, 3.63) is 42.2 Å². The first-order valence-electron chi connectivity index (χ1n) is 7.23. The standard InChI is InChI=1S/C16H19FN2O3/c1-11(22-14-9-5-4-8-13(14)17)16(21)19-18-15(20)10-12-6-2-3-7-12/h2,4-6,8-9,11-12H,3,7,10H2,1H3,(H,18,20)(H,19,21). The van der Waals surface area contributed by atoms with Crippen molar-refractivity contribution in [2.24, 2.45) is 5.92 Å². The lowest BCUT2D eigenvalue weighted by Gasteiger charge is -2.16. The predicted octanol–water partition coefficient (Wildman–Crippen LogP) is 2.10. The third-order valence-corrected chi connectivity index (χ3v) is 3.39. The number of para-hydroxylation sites is 1. The monoisotopic (exact) mass is 306 g/mol. The van der Waals surface area contributed by atoms with Crippen LogP contribution in [0.4, 0.5) is 4.39 Å². The van der Waals surface area contributed by atoms with Crippen LogP contribution in [0.5, 0.6) is 5.75 Å². The lowest BCUT2D eigenvalue weighted by Crippen LogP contribution is -2.47. The van der Waals surface area contributed by atoms with E-state index in [0.29, 0.717) is 6.42 Å². The van der Waals surface area contributed by atoms with Gasteiger partial charge in [-0.1, -0.05) is 24.3 Å². The molecule has 0 aromatic heterocycles. The molecule has 6 heteroatoms. The Morgan fingerprint density at radius 3 is 2.82 bits per heavy atom. The van der Waals surface area contributed by atoms with Crippen molar-refractivity contribution < 1.29 is 18.7 Å². The molecular formula is C16H19FN2O3. The number of hydrazine groups is 1. The average molecular weight is 306 g/mol. The van der Waals surface area contributed by atoms with Crippen molar-refractivity contribution in [3.8, 4) is 5.75 Å². The smallest absolute Gasteiger partial charge is 0.279 e. The molecule has 2 rings (SSSR count). The van der Waals surface area contributed by atoms with Gasteiger partial charge >= 0.3 is 0 Å². The molecule has 5 nitrogen and oxygen atoms in total. The highest BCUT2D eigenvalue weighted by atomic mass is 19.1. The zero-order valence-corrected chi connectivity index (χ0v) is 12.3. The minimum absolute atomic E-state index is 0.00688. The van der Waals surface area contributed by atoms with Crippen molar-refractivity contribution in [2.75, 3.05) is 0 Å². The molecule has 2 unspecified atom stereocenters. The Balaban J connectivity index is 1.75. The SMILES string of the molecule is CC(Oc1ccccc1F)C(=O)NNC(=O)CC1C=CCC1. The molecule has 0 saturated carbocycles. The fourth-order valence-electron chi connectivity index (χ4n) is 2.17. The van der Waals surface area contributed by atoms with Gasteiger partial charge < -0.3 is 4.74 Å². The van der Waals surface area contributed by atoms with Crippen LogP contribution in [0, 0.1) is 11.7 Å². The summed E-state index contributed by atoms with van der Waals surface area (Å²) in [6.45, 7) is 1.48. The molecule has 118 valence electrons. The lowest BCUT2D eigenvalue weighted by atomic mass is 10.1. The summed E-state index contributed by atoms with van der Waals surface area (Å²) >= 11 is 0. The van der Waals surface area contributed by atoms with Gasteiger partial charge in [0.15, 0.2) is 17.7 Å². The van der Waals surface area contributed by atoms with Crippen LogP contribution in [0.2, 0.25) is 0 Å². The molecule has 0 fully saturated rings. The first-order valence-corrected chi connectivity index (χ1v) is 7.23. The number of carbonyl (C=O) groups excluding carboxylic acids is 2. The van der Waals surface area contributed by atoms with E-state index in [1.807, 2.05) is 12.2 Å². The number of rotatable bonds is 5. The molecule has 1 aromatic rings. The molecule has 0 radical (unpaired) electrons. The number of ether oxygens (including phenoxy) is 1. The fraction of sp³-hybridized carbons (Fsp3) is 0.375. The number of carbonyl (C=O) groups is 2. The number of amides is 2. The first kappa shape index (κ1) is 16.0. The molecule has 22 heavy (non-hydrogen) atoms. The van der Waals surface area contributed by atoms with Crippen molar-refractivity contribution in [1.29, 1.82) is 0 Å². The Hall–Kier alpha value is -2.37. The molecule has 2 N–H and O–H groups in total. The van der Waals surface area contributed by atoms with Crippen LogP contribution in [-0.2, 0) is 9.59 Å². The Bertz CT molecular complexity index is 574. The fourth-order valence-corrected chi connectivity index (χ4v) is 2.17. The number of nitrogens with one attached hydrogen (secondary N) is 2. The molecule has 0 aliphatic heterocycles. The Morgan fingerprint density at radius 2 is 2.14 bits per heavy atom. The third-order valence-electron chi connectivity index (χ3n) is 3.39. The minimum atomic E-state index is -0.927. The second-order valence-corrected chi connectivity index (χ2v) is 5.20. The third kappa shape index (κ3) is 4.58. The quantitative estimate of drug-likeness (QED) is 0.646. The van der Waals surface area contributed by atoms with Gasteiger partial charge in [-0.3, -0.25) is 20.4 Å². The van der Waals surface area contributed by atoms with Gasteiger partial charge in [0.1, 0.15) is 0 Å². The van der Waals surface area contributed by atoms with Gasteiger partial charge in [0.25, 0.3) is 5.91 Å². The summed E-state index contributed by atoms with van der Waals surface area (Å²) in [6.07, 6.45) is 5.39. The van der Waals surface area contributed by atoms with Crippen LogP contribution < -0.4 is 15.6 Å². The van der Waals surface area contributed by atoms with E-state index in [4.69, 9.17) is 4.74 Å². The normalized spacial score (nSPS) is 17.8. The molecule has 1 aliphatic carbocycles. The zero-order valence-electron chi connectivity index (χ0n) is 12.3. The number of hydrogen-bond acceptors (Lipinski definition) is 3. The van der Waals surface area contributed by atoms with Gasteiger partial charge in [-0.05, 0) is 37.8 Å². The van der Waals surface area contributed by atoms with Gasteiger partial charge in [-0.25, -0.2) is 4.39 Å². The highest BCUT2D eigenvalue weighted by molar-refractivity contribution is 5.84. The summed E-state index contributed by atoms with van der Waals surface area (Å²) in [5.41, 5.74) is 4.63. The molecule has 2 amide bonds. The van der Waals surface area contributed by atoms with Gasteiger partial charge in [0.2, 0.25) is 5.91 Å². The highest BCUT2D eigenvalue weighted by Gasteiger charge is 2.18. The Morgan fingerprint density at radius 1 is 1.36 bits per heavy atom. The van der Waals surface area contributed by atoms with Crippen molar-refractivity contribution >= 4 is 11.8 Å². The molecule has 2 atom stereocenters.